The van der Waals surface area contributed by atoms with Gasteiger partial charge in [0.05, 0.1) is 11.7 Å². The lowest BCUT2D eigenvalue weighted by Gasteiger charge is -2.14. The molecule has 3 N–H and O–H groups in total. The van der Waals surface area contributed by atoms with Gasteiger partial charge in [0.25, 0.3) is 0 Å². The Morgan fingerprint density at radius 2 is 2.00 bits per heavy atom. The molecule has 0 aliphatic carbocycles. The van der Waals surface area contributed by atoms with Gasteiger partial charge in [-0.3, -0.25) is 4.68 Å². The maximum Gasteiger partial charge on any atom is 0.341 e. The Morgan fingerprint density at radius 1 is 1.39 bits per heavy atom. The molecule has 0 bridgehead atoms. The lowest BCUT2D eigenvalue weighted by molar-refractivity contribution is 0.0697. The van der Waals surface area contributed by atoms with Crippen molar-refractivity contribution >= 4 is 11.8 Å². The van der Waals surface area contributed by atoms with Crippen molar-refractivity contribution in [2.75, 3.05) is 5.73 Å². The molecule has 0 radical (unpaired) electrons. The highest BCUT2D eigenvalue weighted by Crippen LogP contribution is 2.23. The third-order valence-corrected chi connectivity index (χ3v) is 3.04. The molecule has 1 aromatic heterocycles. The number of carbonyl (C=O) groups is 1. The zero-order valence-corrected chi connectivity index (χ0v) is 10.3. The van der Waals surface area contributed by atoms with Gasteiger partial charge >= 0.3 is 5.97 Å². The molecule has 0 saturated carbocycles. The lowest BCUT2D eigenvalue weighted by atomic mass is 10.1. The molecule has 2 rings (SSSR count). The molecule has 0 amide bonds. The van der Waals surface area contributed by atoms with E-state index in [-0.39, 0.29) is 17.4 Å². The number of nitrogen functional groups attached to an aromatic ring is 1. The molecule has 1 unspecified atom stereocenters. The monoisotopic (exact) mass is 245 g/mol. The fourth-order valence-electron chi connectivity index (χ4n) is 2.06. The van der Waals surface area contributed by atoms with Gasteiger partial charge in [-0.25, -0.2) is 4.79 Å². The lowest BCUT2D eigenvalue weighted by Crippen LogP contribution is -2.11. The smallest absolute Gasteiger partial charge is 0.341 e. The van der Waals surface area contributed by atoms with Crippen LogP contribution in [0, 0.1) is 6.92 Å². The van der Waals surface area contributed by atoms with Crippen molar-refractivity contribution in [2.45, 2.75) is 19.9 Å². The van der Waals surface area contributed by atoms with Gasteiger partial charge in [0.2, 0.25) is 0 Å². The number of aromatic nitrogens is 2. The first kappa shape index (κ1) is 12.2. The Labute approximate surface area is 105 Å². The predicted molar refractivity (Wildman–Crippen MR) is 68.6 cm³/mol. The van der Waals surface area contributed by atoms with Crippen LogP contribution in [0.1, 0.15) is 34.6 Å². The topological polar surface area (TPSA) is 81.1 Å². The Kier molecular flexibility index (Phi) is 3.06. The number of benzene rings is 1. The molecule has 0 aliphatic heterocycles. The molecule has 0 fully saturated rings. The van der Waals surface area contributed by atoms with Crippen LogP contribution >= 0.6 is 0 Å². The molecular weight excluding hydrogens is 230 g/mol. The van der Waals surface area contributed by atoms with Crippen molar-refractivity contribution in [3.8, 4) is 0 Å². The fraction of sp³-hybridized carbons (Fsp3) is 0.231. The second-order valence-electron chi connectivity index (χ2n) is 4.18. The van der Waals surface area contributed by atoms with Crippen molar-refractivity contribution in [2.24, 2.45) is 0 Å². The highest BCUT2D eigenvalue weighted by atomic mass is 16.4. The van der Waals surface area contributed by atoms with Crippen LogP contribution in [-0.2, 0) is 0 Å². The molecule has 0 saturated heterocycles. The summed E-state index contributed by atoms with van der Waals surface area (Å²) in [5, 5.41) is 13.2. The van der Waals surface area contributed by atoms with Crippen molar-refractivity contribution in [3.05, 3.63) is 47.2 Å². The number of rotatable bonds is 3. The normalized spacial score (nSPS) is 12.3. The van der Waals surface area contributed by atoms with E-state index in [2.05, 4.69) is 5.10 Å². The van der Waals surface area contributed by atoms with Gasteiger partial charge in [0.15, 0.2) is 5.82 Å². The van der Waals surface area contributed by atoms with E-state index in [1.807, 2.05) is 37.3 Å². The van der Waals surface area contributed by atoms with E-state index in [1.165, 1.54) is 0 Å². The third-order valence-electron chi connectivity index (χ3n) is 3.04. The molecule has 1 atom stereocenters. The zero-order valence-electron chi connectivity index (χ0n) is 10.3. The Bertz CT molecular complexity index is 575. The van der Waals surface area contributed by atoms with E-state index >= 15 is 0 Å². The average molecular weight is 245 g/mol. The number of aromatic carboxylic acids is 1. The molecule has 1 aromatic carbocycles. The van der Waals surface area contributed by atoms with Gasteiger partial charge < -0.3 is 10.8 Å². The van der Waals surface area contributed by atoms with Gasteiger partial charge in [0.1, 0.15) is 5.56 Å². The molecule has 2 aromatic rings. The number of nitrogens with zero attached hydrogens (tertiary/aromatic N) is 2. The number of anilines is 1. The summed E-state index contributed by atoms with van der Waals surface area (Å²) in [5.41, 5.74) is 7.35. The summed E-state index contributed by atoms with van der Waals surface area (Å²) in [5.74, 6) is -0.987. The number of carboxylic acid groups (broad SMARTS) is 1. The average Bonchev–Trinajstić information content (AvgIpc) is 2.65. The minimum atomic E-state index is -1.04. The summed E-state index contributed by atoms with van der Waals surface area (Å²) in [4.78, 5) is 11.1. The summed E-state index contributed by atoms with van der Waals surface area (Å²) in [7, 11) is 0. The molecular formula is C13H15N3O2. The van der Waals surface area contributed by atoms with Crippen LogP contribution < -0.4 is 5.73 Å². The van der Waals surface area contributed by atoms with Gasteiger partial charge in [0, 0.05) is 0 Å². The molecule has 94 valence electrons. The van der Waals surface area contributed by atoms with E-state index in [1.54, 1.807) is 11.6 Å². The fourth-order valence-corrected chi connectivity index (χ4v) is 2.06. The molecule has 0 spiro atoms. The number of hydrogen-bond donors (Lipinski definition) is 2. The summed E-state index contributed by atoms with van der Waals surface area (Å²) < 4.78 is 1.65. The first-order valence-electron chi connectivity index (χ1n) is 5.65. The minimum absolute atomic E-state index is 0.0541. The minimum Gasteiger partial charge on any atom is -0.477 e. The highest BCUT2D eigenvalue weighted by Gasteiger charge is 2.21. The molecule has 5 heteroatoms. The van der Waals surface area contributed by atoms with Crippen molar-refractivity contribution in [1.29, 1.82) is 0 Å². The third kappa shape index (κ3) is 1.95. The quantitative estimate of drug-likeness (QED) is 0.867. The van der Waals surface area contributed by atoms with Gasteiger partial charge in [-0.15, -0.1) is 0 Å². The first-order chi connectivity index (χ1) is 8.52. The van der Waals surface area contributed by atoms with Crippen LogP contribution in [0.5, 0.6) is 0 Å². The highest BCUT2D eigenvalue weighted by molar-refractivity contribution is 5.93. The van der Waals surface area contributed by atoms with Crippen molar-refractivity contribution in [1.82, 2.24) is 9.78 Å². The molecule has 0 aliphatic rings. The number of nitrogens with two attached hydrogens (primary N) is 1. The largest absolute Gasteiger partial charge is 0.477 e. The standard InChI is InChI=1S/C13H15N3O2/c1-8(10-6-4-3-5-7-10)16-9(2)11(13(17)18)12(14)15-16/h3-8H,1-2H3,(H2,14,15)(H,17,18). The summed E-state index contributed by atoms with van der Waals surface area (Å²) in [6.45, 7) is 3.67. The van der Waals surface area contributed by atoms with Crippen LogP contribution in [0.3, 0.4) is 0 Å². The van der Waals surface area contributed by atoms with Crippen LogP contribution in [0.15, 0.2) is 30.3 Å². The summed E-state index contributed by atoms with van der Waals surface area (Å²) in [6, 6.07) is 9.70. The van der Waals surface area contributed by atoms with Crippen LogP contribution in [-0.4, -0.2) is 20.9 Å². The maximum atomic E-state index is 11.1. The van der Waals surface area contributed by atoms with Crippen molar-refractivity contribution in [3.63, 3.8) is 0 Å². The second kappa shape index (κ2) is 4.52. The van der Waals surface area contributed by atoms with E-state index in [4.69, 9.17) is 10.8 Å². The van der Waals surface area contributed by atoms with Crippen LogP contribution in [0.4, 0.5) is 5.82 Å². The van der Waals surface area contributed by atoms with E-state index in [0.717, 1.165) is 5.56 Å². The second-order valence-corrected chi connectivity index (χ2v) is 4.18. The zero-order chi connectivity index (χ0) is 13.3. The molecule has 5 nitrogen and oxygen atoms in total. The SMILES string of the molecule is Cc1c(C(=O)O)c(N)nn1C(C)c1ccccc1. The van der Waals surface area contributed by atoms with Crippen LogP contribution in [0.2, 0.25) is 0 Å². The first-order valence-corrected chi connectivity index (χ1v) is 5.65. The van der Waals surface area contributed by atoms with E-state index in [9.17, 15) is 4.79 Å². The number of carboxylic acids is 1. The van der Waals surface area contributed by atoms with E-state index < -0.39 is 5.97 Å². The van der Waals surface area contributed by atoms with E-state index in [0.29, 0.717) is 5.69 Å². The van der Waals surface area contributed by atoms with Gasteiger partial charge in [-0.2, -0.15) is 5.10 Å². The summed E-state index contributed by atoms with van der Waals surface area (Å²) >= 11 is 0. The van der Waals surface area contributed by atoms with Crippen molar-refractivity contribution < 1.29 is 9.90 Å². The molecule has 18 heavy (non-hydrogen) atoms. The van der Waals surface area contributed by atoms with Gasteiger partial charge in [-0.05, 0) is 19.4 Å². The summed E-state index contributed by atoms with van der Waals surface area (Å²) in [6.07, 6.45) is 0. The van der Waals surface area contributed by atoms with Crippen LogP contribution in [0.25, 0.3) is 0 Å². The Balaban J connectivity index is 2.47. The van der Waals surface area contributed by atoms with Gasteiger partial charge in [-0.1, -0.05) is 30.3 Å². The predicted octanol–water partition coefficient (Wildman–Crippen LogP) is 2.08. The number of hydrogen-bond acceptors (Lipinski definition) is 3. The maximum absolute atomic E-state index is 11.1. The molecule has 1 heterocycles. The Morgan fingerprint density at radius 3 is 2.50 bits per heavy atom. The Hall–Kier alpha value is -2.30.